The second-order valence-corrected chi connectivity index (χ2v) is 3.89. The van der Waals surface area contributed by atoms with Crippen molar-refractivity contribution >= 4 is 12.2 Å². The monoisotopic (exact) mass is 233 g/mol. The lowest BCUT2D eigenvalue weighted by atomic mass is 10.1. The first kappa shape index (κ1) is 10.8. The summed E-state index contributed by atoms with van der Waals surface area (Å²) in [6.07, 6.45) is 5.52. The van der Waals surface area contributed by atoms with E-state index >= 15 is 0 Å². The van der Waals surface area contributed by atoms with Crippen molar-refractivity contribution in [1.29, 1.82) is 0 Å². The molecule has 2 heterocycles. The Bertz CT molecular complexity index is 510. The highest BCUT2D eigenvalue weighted by Crippen LogP contribution is 2.13. The number of aromatic nitrogens is 5. The van der Waals surface area contributed by atoms with E-state index in [1.807, 2.05) is 6.07 Å². The lowest BCUT2D eigenvalue weighted by Crippen LogP contribution is -2.05. The molecular formula is C10H11N5S. The summed E-state index contributed by atoms with van der Waals surface area (Å²) in [5.41, 5.74) is 1.04. The molecule has 0 spiro atoms. The second kappa shape index (κ2) is 4.89. The van der Waals surface area contributed by atoms with E-state index in [1.165, 1.54) is 12.7 Å². The Morgan fingerprint density at radius 1 is 1.31 bits per heavy atom. The van der Waals surface area contributed by atoms with E-state index in [-0.39, 0.29) is 5.92 Å². The second-order valence-electron chi connectivity index (χ2n) is 3.50. The van der Waals surface area contributed by atoms with Crippen molar-refractivity contribution in [2.75, 3.05) is 0 Å². The molecular weight excluding hydrogens is 222 g/mol. The highest BCUT2D eigenvalue weighted by molar-refractivity contribution is 7.71. The normalized spacial score (nSPS) is 12.3. The van der Waals surface area contributed by atoms with Crippen molar-refractivity contribution in [2.24, 2.45) is 0 Å². The number of hydrogen-bond acceptors (Lipinski definition) is 5. The summed E-state index contributed by atoms with van der Waals surface area (Å²) in [6.45, 7) is 2.06. The van der Waals surface area contributed by atoms with Crippen LogP contribution in [0, 0.1) is 4.77 Å². The van der Waals surface area contributed by atoms with Gasteiger partial charge in [0.25, 0.3) is 0 Å². The average Bonchev–Trinajstić information content (AvgIpc) is 2.30. The summed E-state index contributed by atoms with van der Waals surface area (Å²) in [4.78, 5) is 19.0. The van der Waals surface area contributed by atoms with Crippen molar-refractivity contribution in [3.05, 3.63) is 41.2 Å². The Morgan fingerprint density at radius 3 is 2.75 bits per heavy atom. The molecule has 16 heavy (non-hydrogen) atoms. The van der Waals surface area contributed by atoms with Crippen LogP contribution in [0.15, 0.2) is 24.9 Å². The van der Waals surface area contributed by atoms with Crippen LogP contribution in [0.25, 0.3) is 0 Å². The minimum Gasteiger partial charge on any atom is -0.334 e. The topological polar surface area (TPSA) is 67.3 Å². The fraction of sp³-hybridized carbons (Fsp3) is 0.300. The van der Waals surface area contributed by atoms with Crippen LogP contribution < -0.4 is 0 Å². The smallest absolute Gasteiger partial charge is 0.196 e. The van der Waals surface area contributed by atoms with Gasteiger partial charge in [-0.1, -0.05) is 6.92 Å². The Hall–Kier alpha value is -1.69. The molecule has 1 unspecified atom stereocenters. The van der Waals surface area contributed by atoms with Gasteiger partial charge in [-0.15, -0.1) is 0 Å². The maximum Gasteiger partial charge on any atom is 0.196 e. The molecule has 2 rings (SSSR count). The van der Waals surface area contributed by atoms with Gasteiger partial charge in [0.2, 0.25) is 0 Å². The maximum absolute atomic E-state index is 4.96. The quantitative estimate of drug-likeness (QED) is 0.817. The third kappa shape index (κ3) is 2.66. The molecule has 82 valence electrons. The van der Waals surface area contributed by atoms with E-state index < -0.39 is 0 Å². The molecule has 0 saturated carbocycles. The highest BCUT2D eigenvalue weighted by Gasteiger charge is 2.09. The molecule has 2 aromatic rings. The van der Waals surface area contributed by atoms with Crippen LogP contribution in [0.2, 0.25) is 0 Å². The Kier molecular flexibility index (Phi) is 3.31. The highest BCUT2D eigenvalue weighted by atomic mass is 32.1. The van der Waals surface area contributed by atoms with Crippen LogP contribution >= 0.6 is 12.2 Å². The van der Waals surface area contributed by atoms with Crippen molar-refractivity contribution in [3.8, 4) is 0 Å². The van der Waals surface area contributed by atoms with Gasteiger partial charge in [0.05, 0.1) is 0 Å². The predicted molar refractivity (Wildman–Crippen MR) is 61.4 cm³/mol. The third-order valence-corrected chi connectivity index (χ3v) is 2.42. The summed E-state index contributed by atoms with van der Waals surface area (Å²) < 4.78 is 0.500. The van der Waals surface area contributed by atoms with Crippen molar-refractivity contribution in [3.63, 3.8) is 0 Å². The Morgan fingerprint density at radius 2 is 2.06 bits per heavy atom. The number of H-pyrrole nitrogens is 1. The van der Waals surface area contributed by atoms with Gasteiger partial charge in [0, 0.05) is 17.8 Å². The van der Waals surface area contributed by atoms with Gasteiger partial charge < -0.3 is 4.98 Å². The first-order chi connectivity index (χ1) is 7.75. The standard InChI is InChI=1S/C10H11N5S/c1-7(9-13-5-11-6-14-9)4-8-2-3-12-10(16)15-8/h2-3,5-7H,4H2,1H3,(H,12,15,16). The number of nitrogens with one attached hydrogen (secondary N) is 1. The van der Waals surface area contributed by atoms with Crippen molar-refractivity contribution in [2.45, 2.75) is 19.3 Å². The molecule has 0 aliphatic heterocycles. The number of nitrogens with zero attached hydrogens (tertiary/aromatic N) is 4. The van der Waals surface area contributed by atoms with E-state index in [0.717, 1.165) is 17.9 Å². The largest absolute Gasteiger partial charge is 0.334 e. The van der Waals surface area contributed by atoms with Crippen molar-refractivity contribution in [1.82, 2.24) is 24.9 Å². The van der Waals surface area contributed by atoms with Gasteiger partial charge in [0.15, 0.2) is 4.77 Å². The molecule has 2 aromatic heterocycles. The Balaban J connectivity index is 2.14. The molecule has 6 heteroatoms. The van der Waals surface area contributed by atoms with Crippen LogP contribution in [-0.2, 0) is 6.42 Å². The molecule has 0 aromatic carbocycles. The van der Waals surface area contributed by atoms with Gasteiger partial charge in [-0.3, -0.25) is 0 Å². The summed E-state index contributed by atoms with van der Waals surface area (Å²) in [5.74, 6) is 1.00. The molecule has 0 fully saturated rings. The molecule has 1 atom stereocenters. The molecule has 0 radical (unpaired) electrons. The maximum atomic E-state index is 4.96. The molecule has 5 nitrogen and oxygen atoms in total. The zero-order valence-electron chi connectivity index (χ0n) is 8.79. The summed E-state index contributed by atoms with van der Waals surface area (Å²) in [7, 11) is 0. The molecule has 1 N–H and O–H groups in total. The van der Waals surface area contributed by atoms with Crippen LogP contribution in [0.5, 0.6) is 0 Å². The lowest BCUT2D eigenvalue weighted by molar-refractivity contribution is 0.675. The van der Waals surface area contributed by atoms with E-state index in [9.17, 15) is 0 Å². The zero-order valence-corrected chi connectivity index (χ0v) is 9.61. The van der Waals surface area contributed by atoms with Gasteiger partial charge in [-0.25, -0.2) is 19.9 Å². The lowest BCUT2D eigenvalue weighted by Gasteiger charge is -2.08. The number of aromatic amines is 1. The third-order valence-electron chi connectivity index (χ3n) is 2.22. The van der Waals surface area contributed by atoms with Crippen LogP contribution in [0.4, 0.5) is 0 Å². The van der Waals surface area contributed by atoms with E-state index in [2.05, 4.69) is 31.8 Å². The average molecular weight is 233 g/mol. The number of hydrogen-bond donors (Lipinski definition) is 1. The van der Waals surface area contributed by atoms with Gasteiger partial charge in [0.1, 0.15) is 18.5 Å². The van der Waals surface area contributed by atoms with E-state index in [4.69, 9.17) is 12.2 Å². The minimum atomic E-state index is 0.219. The molecule has 0 aliphatic carbocycles. The molecule has 0 saturated heterocycles. The SMILES string of the molecule is CC(Cc1ccnc(=S)[nH]1)c1ncncn1. The summed E-state index contributed by atoms with van der Waals surface area (Å²) in [6, 6.07) is 1.91. The van der Waals surface area contributed by atoms with Gasteiger partial charge in [-0.05, 0) is 24.7 Å². The first-order valence-electron chi connectivity index (χ1n) is 4.92. The van der Waals surface area contributed by atoms with E-state index in [1.54, 1.807) is 6.20 Å². The van der Waals surface area contributed by atoms with Crippen LogP contribution in [-0.4, -0.2) is 24.9 Å². The summed E-state index contributed by atoms with van der Waals surface area (Å²) >= 11 is 4.96. The molecule has 0 bridgehead atoms. The first-order valence-corrected chi connectivity index (χ1v) is 5.32. The van der Waals surface area contributed by atoms with Crippen LogP contribution in [0.3, 0.4) is 0 Å². The van der Waals surface area contributed by atoms with Crippen LogP contribution in [0.1, 0.15) is 24.4 Å². The molecule has 0 amide bonds. The minimum absolute atomic E-state index is 0.219. The van der Waals surface area contributed by atoms with Gasteiger partial charge >= 0.3 is 0 Å². The van der Waals surface area contributed by atoms with E-state index in [0.29, 0.717) is 4.77 Å². The summed E-state index contributed by atoms with van der Waals surface area (Å²) in [5, 5.41) is 0. The fourth-order valence-electron chi connectivity index (χ4n) is 1.45. The fourth-order valence-corrected chi connectivity index (χ4v) is 1.64. The zero-order chi connectivity index (χ0) is 11.4. The van der Waals surface area contributed by atoms with Crippen molar-refractivity contribution < 1.29 is 0 Å². The van der Waals surface area contributed by atoms with Gasteiger partial charge in [-0.2, -0.15) is 0 Å². The number of rotatable bonds is 3. The molecule has 0 aliphatic rings. The predicted octanol–water partition coefficient (Wildman–Crippen LogP) is 1.67. The Labute approximate surface area is 98.0 Å².